The van der Waals surface area contributed by atoms with E-state index in [4.69, 9.17) is 21.1 Å². The molecule has 1 atom stereocenters. The number of halogens is 3. The van der Waals surface area contributed by atoms with Gasteiger partial charge in [0.1, 0.15) is 17.2 Å². The average molecular weight is 616 g/mol. The fraction of sp³-hybridized carbons (Fsp3) is 0.375. The van der Waals surface area contributed by atoms with Gasteiger partial charge in [-0.3, -0.25) is 9.20 Å². The molecule has 0 amide bonds. The Hall–Kier alpha value is -3.49. The van der Waals surface area contributed by atoms with Crippen LogP contribution >= 0.6 is 24.0 Å². The highest BCUT2D eigenvalue weighted by molar-refractivity contribution is 6.30. The molecule has 42 heavy (non-hydrogen) atoms. The predicted octanol–water partition coefficient (Wildman–Crippen LogP) is 7.05. The maximum atomic E-state index is 15.4. The number of methoxy groups -OCH3 is 1. The second kappa shape index (κ2) is 13.7. The first-order valence-corrected chi connectivity index (χ1v) is 14.5. The van der Waals surface area contributed by atoms with Gasteiger partial charge in [0.25, 0.3) is 0 Å². The maximum Gasteiger partial charge on any atom is 0.181 e. The van der Waals surface area contributed by atoms with Crippen LogP contribution in [0, 0.1) is 5.82 Å². The highest BCUT2D eigenvalue weighted by Crippen LogP contribution is 2.34. The number of ether oxygens (including phenoxy) is 2. The number of carbonyl (C=O) groups excluding carboxylic acids is 1. The third-order valence-electron chi connectivity index (χ3n) is 7.65. The highest BCUT2D eigenvalue weighted by atomic mass is 35.5. The van der Waals surface area contributed by atoms with Crippen molar-refractivity contribution in [3.8, 4) is 11.5 Å². The fourth-order valence-electron chi connectivity index (χ4n) is 5.62. The Morgan fingerprint density at radius 2 is 1.90 bits per heavy atom. The molecule has 0 unspecified atom stereocenters. The fourth-order valence-corrected chi connectivity index (χ4v) is 5.78. The minimum atomic E-state index is -0.269. The molecule has 1 aliphatic rings. The number of benzene rings is 2. The topological polar surface area (TPSA) is 59.3 Å². The van der Waals surface area contributed by atoms with Crippen LogP contribution in [0.15, 0.2) is 54.7 Å². The van der Waals surface area contributed by atoms with E-state index in [2.05, 4.69) is 21.7 Å². The summed E-state index contributed by atoms with van der Waals surface area (Å²) in [6.45, 7) is 8.75. The molecule has 0 radical (unpaired) electrons. The van der Waals surface area contributed by atoms with E-state index in [1.807, 2.05) is 50.2 Å². The molecule has 1 aliphatic heterocycles. The SMILES string of the molecule is CCOc1ccc(N2CCN(c3ccc(CCC(=O)c4c(CC)nc5ccc(Cl)cn45)cc3F)C[C@@H]2C)cc1OC.Cl. The number of piperazine rings is 1. The van der Waals surface area contributed by atoms with Crippen molar-refractivity contribution in [3.63, 3.8) is 0 Å². The van der Waals surface area contributed by atoms with Crippen molar-refractivity contribution in [2.45, 2.75) is 46.1 Å². The molecular weight excluding hydrogens is 578 g/mol. The summed E-state index contributed by atoms with van der Waals surface area (Å²) in [5, 5.41) is 0.540. The van der Waals surface area contributed by atoms with Gasteiger partial charge in [0.15, 0.2) is 17.3 Å². The van der Waals surface area contributed by atoms with E-state index in [0.717, 1.165) is 29.2 Å². The second-order valence-corrected chi connectivity index (χ2v) is 10.7. The van der Waals surface area contributed by atoms with Crippen LogP contribution in [0.4, 0.5) is 15.8 Å². The molecule has 0 spiro atoms. The summed E-state index contributed by atoms with van der Waals surface area (Å²) in [5.41, 5.74) is 4.42. The van der Waals surface area contributed by atoms with Gasteiger partial charge in [0, 0.05) is 50.0 Å². The number of aromatic nitrogens is 2. The van der Waals surface area contributed by atoms with E-state index in [-0.39, 0.29) is 36.5 Å². The van der Waals surface area contributed by atoms with Crippen LogP contribution in [0.25, 0.3) is 5.65 Å². The zero-order chi connectivity index (χ0) is 29.1. The molecule has 1 saturated heterocycles. The predicted molar refractivity (Wildman–Crippen MR) is 169 cm³/mol. The van der Waals surface area contributed by atoms with Crippen molar-refractivity contribution in [2.24, 2.45) is 0 Å². The van der Waals surface area contributed by atoms with E-state index in [1.165, 1.54) is 0 Å². The van der Waals surface area contributed by atoms with Crippen LogP contribution in [0.5, 0.6) is 11.5 Å². The lowest BCUT2D eigenvalue weighted by Gasteiger charge is -2.42. The van der Waals surface area contributed by atoms with Crippen LogP contribution in [-0.4, -0.2) is 54.6 Å². The molecule has 224 valence electrons. The summed E-state index contributed by atoms with van der Waals surface area (Å²) < 4.78 is 28.3. The van der Waals surface area contributed by atoms with Crippen LogP contribution in [0.1, 0.15) is 48.9 Å². The summed E-state index contributed by atoms with van der Waals surface area (Å²) in [6, 6.07) is 15.0. The van der Waals surface area contributed by atoms with E-state index < -0.39 is 0 Å². The lowest BCUT2D eigenvalue weighted by Crippen LogP contribution is -2.52. The van der Waals surface area contributed by atoms with E-state index in [1.54, 1.807) is 29.8 Å². The number of aryl methyl sites for hydroxylation is 2. The van der Waals surface area contributed by atoms with Crippen LogP contribution < -0.4 is 19.3 Å². The van der Waals surface area contributed by atoms with Gasteiger partial charge in [-0.25, -0.2) is 9.37 Å². The van der Waals surface area contributed by atoms with Gasteiger partial charge in [0.05, 0.1) is 30.1 Å². The molecule has 0 N–H and O–H groups in total. The number of nitrogens with zero attached hydrogens (tertiary/aromatic N) is 4. The Morgan fingerprint density at radius 1 is 1.10 bits per heavy atom. The van der Waals surface area contributed by atoms with Gasteiger partial charge in [0.2, 0.25) is 0 Å². The second-order valence-electron chi connectivity index (χ2n) is 10.3. The molecule has 4 aromatic rings. The zero-order valence-corrected chi connectivity index (χ0v) is 26.0. The Morgan fingerprint density at radius 3 is 2.60 bits per heavy atom. The van der Waals surface area contributed by atoms with E-state index >= 15 is 4.39 Å². The Kier molecular flexibility index (Phi) is 10.2. The minimum Gasteiger partial charge on any atom is -0.493 e. The number of Topliss-reactive ketones (excluding diaryl/α,β-unsaturated/α-hetero) is 1. The smallest absolute Gasteiger partial charge is 0.181 e. The summed E-state index contributed by atoms with van der Waals surface area (Å²) in [6.07, 6.45) is 3.06. The molecule has 7 nitrogen and oxygen atoms in total. The molecule has 2 aromatic carbocycles. The van der Waals surface area contributed by atoms with E-state index in [0.29, 0.717) is 60.3 Å². The van der Waals surface area contributed by atoms with Crippen molar-refractivity contribution < 1.29 is 18.7 Å². The number of rotatable bonds is 10. The monoisotopic (exact) mass is 614 g/mol. The van der Waals surface area contributed by atoms with Crippen molar-refractivity contribution in [1.29, 1.82) is 0 Å². The third kappa shape index (κ3) is 6.45. The van der Waals surface area contributed by atoms with Crippen LogP contribution in [-0.2, 0) is 12.8 Å². The molecule has 0 saturated carbocycles. The molecular formula is C32H37Cl2FN4O3. The average Bonchev–Trinajstić information content (AvgIpc) is 3.34. The van der Waals surface area contributed by atoms with Gasteiger partial charge in [-0.05, 0) is 68.7 Å². The third-order valence-corrected chi connectivity index (χ3v) is 7.88. The molecule has 5 rings (SSSR count). The van der Waals surface area contributed by atoms with Crippen molar-refractivity contribution in [2.75, 3.05) is 43.2 Å². The molecule has 0 aliphatic carbocycles. The number of hydrogen-bond donors (Lipinski definition) is 0. The van der Waals surface area contributed by atoms with Crippen LogP contribution in [0.3, 0.4) is 0 Å². The Labute approximate surface area is 257 Å². The van der Waals surface area contributed by atoms with Crippen molar-refractivity contribution >= 4 is 46.8 Å². The standard InChI is InChI=1S/C32H36ClFN4O3.ClH/c1-5-26-32(38-20-23(33)9-14-31(38)35-26)28(39)12-8-22-7-11-27(25(34)17-22)36-15-16-37(21(3)19-36)24-10-13-29(41-6-2)30(18-24)40-4;/h7,9-11,13-14,17-18,20-21H,5-6,8,12,15-16,19H2,1-4H3;1H/t21-;/m0./s1. The van der Waals surface area contributed by atoms with E-state index in [9.17, 15) is 4.79 Å². The quantitative estimate of drug-likeness (QED) is 0.178. The molecule has 2 aromatic heterocycles. The summed E-state index contributed by atoms with van der Waals surface area (Å²) in [7, 11) is 1.64. The summed E-state index contributed by atoms with van der Waals surface area (Å²) in [5.74, 6) is 1.13. The number of imidazole rings is 1. The molecule has 3 heterocycles. The first kappa shape index (κ1) is 31.4. The van der Waals surface area contributed by atoms with Gasteiger partial charge in [-0.1, -0.05) is 24.6 Å². The first-order chi connectivity index (χ1) is 19.8. The Bertz CT molecular complexity index is 1560. The maximum absolute atomic E-state index is 15.4. The normalized spacial score (nSPS) is 15.0. The number of fused-ring (bicyclic) bond motifs is 1. The van der Waals surface area contributed by atoms with Crippen molar-refractivity contribution in [1.82, 2.24) is 9.38 Å². The highest BCUT2D eigenvalue weighted by Gasteiger charge is 2.26. The van der Waals surface area contributed by atoms with Gasteiger partial charge >= 0.3 is 0 Å². The number of ketones is 1. The van der Waals surface area contributed by atoms with Gasteiger partial charge in [-0.15, -0.1) is 12.4 Å². The molecule has 0 bridgehead atoms. The first-order valence-electron chi connectivity index (χ1n) is 14.1. The van der Waals surface area contributed by atoms with Gasteiger partial charge in [-0.2, -0.15) is 0 Å². The number of carbonyl (C=O) groups is 1. The van der Waals surface area contributed by atoms with Crippen molar-refractivity contribution in [3.05, 3.63) is 82.5 Å². The lowest BCUT2D eigenvalue weighted by molar-refractivity contribution is 0.0976. The minimum absolute atomic E-state index is 0. The molecule has 10 heteroatoms. The number of hydrogen-bond acceptors (Lipinski definition) is 6. The summed E-state index contributed by atoms with van der Waals surface area (Å²) >= 11 is 6.18. The number of pyridine rings is 1. The Balaban J connectivity index is 0.00000405. The largest absolute Gasteiger partial charge is 0.493 e. The number of anilines is 2. The molecule has 1 fully saturated rings. The van der Waals surface area contributed by atoms with Crippen LogP contribution in [0.2, 0.25) is 5.02 Å². The lowest BCUT2D eigenvalue weighted by atomic mass is 10.0. The van der Waals surface area contributed by atoms with Gasteiger partial charge < -0.3 is 19.3 Å². The summed E-state index contributed by atoms with van der Waals surface area (Å²) in [4.78, 5) is 22.2. The zero-order valence-electron chi connectivity index (χ0n) is 24.4.